The summed E-state index contributed by atoms with van der Waals surface area (Å²) in [5, 5.41) is 2.17. The minimum atomic E-state index is 0.237. The molecular formula is C23H26N2O3S. The summed E-state index contributed by atoms with van der Waals surface area (Å²) in [4.78, 5) is 5.88. The van der Waals surface area contributed by atoms with Gasteiger partial charge in [-0.25, -0.2) is 4.99 Å². The van der Waals surface area contributed by atoms with E-state index < -0.39 is 0 Å². The van der Waals surface area contributed by atoms with Gasteiger partial charge in [-0.2, -0.15) is 0 Å². The van der Waals surface area contributed by atoms with Crippen LogP contribution >= 0.6 is 11.3 Å². The molecule has 29 heavy (non-hydrogen) atoms. The number of benzene rings is 2. The molecule has 1 aliphatic heterocycles. The van der Waals surface area contributed by atoms with Crippen LogP contribution in [0.25, 0.3) is 11.3 Å². The second kappa shape index (κ2) is 9.29. The quantitative estimate of drug-likeness (QED) is 0.548. The maximum absolute atomic E-state index is 5.91. The lowest BCUT2D eigenvalue weighted by molar-refractivity contribution is 0.0968. The minimum Gasteiger partial charge on any atom is -0.497 e. The zero-order chi connectivity index (χ0) is 20.1. The Hall–Kier alpha value is -2.57. The Labute approximate surface area is 175 Å². The van der Waals surface area contributed by atoms with Crippen LogP contribution in [0.2, 0.25) is 0 Å². The summed E-state index contributed by atoms with van der Waals surface area (Å²) in [5.41, 5.74) is 3.21. The van der Waals surface area contributed by atoms with Gasteiger partial charge in [0.15, 0.2) is 4.80 Å². The van der Waals surface area contributed by atoms with E-state index in [1.165, 1.54) is 0 Å². The molecule has 3 aromatic rings. The number of aromatic nitrogens is 1. The van der Waals surface area contributed by atoms with Crippen molar-refractivity contribution in [1.29, 1.82) is 0 Å². The van der Waals surface area contributed by atoms with Crippen LogP contribution in [0.3, 0.4) is 0 Å². The fourth-order valence-electron chi connectivity index (χ4n) is 3.47. The molecule has 0 spiro atoms. The van der Waals surface area contributed by atoms with Crippen molar-refractivity contribution in [1.82, 2.24) is 4.57 Å². The second-order valence-electron chi connectivity index (χ2n) is 6.92. The first-order valence-electron chi connectivity index (χ1n) is 9.99. The summed E-state index contributed by atoms with van der Waals surface area (Å²) in [6.07, 6.45) is 2.45. The van der Waals surface area contributed by atoms with Gasteiger partial charge in [-0.3, -0.25) is 0 Å². The van der Waals surface area contributed by atoms with E-state index in [2.05, 4.69) is 22.1 Å². The van der Waals surface area contributed by atoms with Crippen molar-refractivity contribution in [3.05, 3.63) is 58.7 Å². The molecule has 5 nitrogen and oxygen atoms in total. The molecule has 2 heterocycles. The Morgan fingerprint density at radius 2 is 1.86 bits per heavy atom. The molecule has 1 saturated heterocycles. The maximum atomic E-state index is 5.91. The van der Waals surface area contributed by atoms with Crippen molar-refractivity contribution in [3.63, 3.8) is 0 Å². The van der Waals surface area contributed by atoms with E-state index in [1.807, 2.05) is 43.3 Å². The number of hydrogen-bond acceptors (Lipinski definition) is 5. The monoisotopic (exact) mass is 410 g/mol. The van der Waals surface area contributed by atoms with E-state index in [-0.39, 0.29) is 6.10 Å². The summed E-state index contributed by atoms with van der Waals surface area (Å²) in [6, 6.07) is 16.1. The van der Waals surface area contributed by atoms with Crippen molar-refractivity contribution in [2.75, 3.05) is 20.3 Å². The average Bonchev–Trinajstić information content (AvgIpc) is 3.41. The standard InChI is InChI=1S/C23H26N2O3S/c1-3-27-20-12-8-18(9-13-20)24-23-25(15-21-5-4-14-28-21)22(16-29-23)17-6-10-19(26-2)11-7-17/h6-13,16,21H,3-5,14-15H2,1-2H3. The highest BCUT2D eigenvalue weighted by atomic mass is 32.1. The van der Waals surface area contributed by atoms with Gasteiger partial charge in [0.1, 0.15) is 11.5 Å². The molecule has 2 aromatic carbocycles. The normalized spacial score (nSPS) is 16.9. The van der Waals surface area contributed by atoms with Gasteiger partial charge in [0.05, 0.1) is 37.7 Å². The molecule has 1 atom stereocenters. The van der Waals surface area contributed by atoms with Gasteiger partial charge in [-0.05, 0) is 73.9 Å². The van der Waals surface area contributed by atoms with Crippen LogP contribution in [-0.2, 0) is 11.3 Å². The second-order valence-corrected chi connectivity index (χ2v) is 7.75. The molecule has 1 fully saturated rings. The van der Waals surface area contributed by atoms with Crippen LogP contribution in [-0.4, -0.2) is 31.0 Å². The zero-order valence-electron chi connectivity index (χ0n) is 16.8. The number of rotatable bonds is 7. The van der Waals surface area contributed by atoms with Crippen LogP contribution in [0.1, 0.15) is 19.8 Å². The van der Waals surface area contributed by atoms with E-state index in [4.69, 9.17) is 19.2 Å². The molecule has 0 saturated carbocycles. The third kappa shape index (κ3) is 4.71. The zero-order valence-corrected chi connectivity index (χ0v) is 17.7. The summed E-state index contributed by atoms with van der Waals surface area (Å²) in [7, 11) is 1.69. The molecule has 1 aliphatic rings. The fourth-order valence-corrected chi connectivity index (χ4v) is 4.41. The predicted octanol–water partition coefficient (Wildman–Crippen LogP) is 5.04. The first-order chi connectivity index (χ1) is 14.3. The lowest BCUT2D eigenvalue weighted by atomic mass is 10.1. The molecule has 0 N–H and O–H groups in total. The van der Waals surface area contributed by atoms with E-state index in [9.17, 15) is 0 Å². The molecule has 152 valence electrons. The van der Waals surface area contributed by atoms with Gasteiger partial charge in [0, 0.05) is 12.0 Å². The third-order valence-corrected chi connectivity index (χ3v) is 5.83. The highest BCUT2D eigenvalue weighted by molar-refractivity contribution is 7.07. The Kier molecular flexibility index (Phi) is 6.32. The van der Waals surface area contributed by atoms with Gasteiger partial charge in [0.2, 0.25) is 0 Å². The summed E-state index contributed by atoms with van der Waals surface area (Å²) >= 11 is 1.65. The van der Waals surface area contributed by atoms with Crippen molar-refractivity contribution in [3.8, 4) is 22.8 Å². The molecule has 0 aliphatic carbocycles. The largest absolute Gasteiger partial charge is 0.497 e. The minimum absolute atomic E-state index is 0.237. The van der Waals surface area contributed by atoms with Crippen molar-refractivity contribution >= 4 is 17.0 Å². The molecule has 1 unspecified atom stereocenters. The number of ether oxygens (including phenoxy) is 3. The first kappa shape index (κ1) is 19.7. The van der Waals surface area contributed by atoms with E-state index in [0.717, 1.165) is 59.2 Å². The van der Waals surface area contributed by atoms with Crippen molar-refractivity contribution in [2.24, 2.45) is 4.99 Å². The van der Waals surface area contributed by atoms with E-state index >= 15 is 0 Å². The lowest BCUT2D eigenvalue weighted by Crippen LogP contribution is -2.24. The predicted molar refractivity (Wildman–Crippen MR) is 116 cm³/mol. The summed E-state index contributed by atoms with van der Waals surface area (Å²) in [5.74, 6) is 1.72. The van der Waals surface area contributed by atoms with Crippen molar-refractivity contribution < 1.29 is 14.2 Å². The topological polar surface area (TPSA) is 45.0 Å². The number of nitrogens with zero attached hydrogens (tertiary/aromatic N) is 2. The molecule has 0 amide bonds. The number of hydrogen-bond donors (Lipinski definition) is 0. The van der Waals surface area contributed by atoms with Gasteiger partial charge in [0.25, 0.3) is 0 Å². The molecule has 1 aromatic heterocycles. The Bertz CT molecular complexity index is 984. The number of methoxy groups -OCH3 is 1. The SMILES string of the molecule is CCOc1ccc(N=c2scc(-c3ccc(OC)cc3)n2CC2CCCO2)cc1. The molecule has 4 rings (SSSR count). The average molecular weight is 411 g/mol. The first-order valence-corrected chi connectivity index (χ1v) is 10.9. The van der Waals surface area contributed by atoms with Gasteiger partial charge in [-0.15, -0.1) is 11.3 Å². The van der Waals surface area contributed by atoms with Crippen molar-refractivity contribution in [2.45, 2.75) is 32.4 Å². The summed E-state index contributed by atoms with van der Waals surface area (Å²) in [6.45, 7) is 4.30. The third-order valence-electron chi connectivity index (χ3n) is 4.97. The Morgan fingerprint density at radius 3 is 2.52 bits per heavy atom. The molecule has 0 radical (unpaired) electrons. The molecular weight excluding hydrogens is 384 g/mol. The van der Waals surface area contributed by atoms with Gasteiger partial charge in [-0.1, -0.05) is 0 Å². The van der Waals surface area contributed by atoms with E-state index in [1.54, 1.807) is 18.4 Å². The van der Waals surface area contributed by atoms with Crippen LogP contribution in [0.15, 0.2) is 58.9 Å². The molecule has 6 heteroatoms. The van der Waals surface area contributed by atoms with Gasteiger partial charge >= 0.3 is 0 Å². The van der Waals surface area contributed by atoms with Gasteiger partial charge < -0.3 is 18.8 Å². The van der Waals surface area contributed by atoms with Crippen LogP contribution in [0, 0.1) is 0 Å². The smallest absolute Gasteiger partial charge is 0.190 e. The Balaban J connectivity index is 1.71. The highest BCUT2D eigenvalue weighted by Crippen LogP contribution is 2.25. The van der Waals surface area contributed by atoms with Crippen LogP contribution in [0.5, 0.6) is 11.5 Å². The summed E-state index contributed by atoms with van der Waals surface area (Å²) < 4.78 is 19.0. The molecule has 0 bridgehead atoms. The fraction of sp³-hybridized carbons (Fsp3) is 0.348. The number of thiazole rings is 1. The lowest BCUT2D eigenvalue weighted by Gasteiger charge is -2.14. The Morgan fingerprint density at radius 1 is 1.10 bits per heavy atom. The van der Waals surface area contributed by atoms with E-state index in [0.29, 0.717) is 6.61 Å². The maximum Gasteiger partial charge on any atom is 0.190 e. The van der Waals surface area contributed by atoms with Crippen LogP contribution in [0.4, 0.5) is 5.69 Å². The van der Waals surface area contributed by atoms with Crippen LogP contribution < -0.4 is 14.3 Å². The highest BCUT2D eigenvalue weighted by Gasteiger charge is 2.19.